The Hall–Kier alpha value is -1.41. The van der Waals surface area contributed by atoms with Crippen LogP contribution in [0.4, 0.5) is 0 Å². The molecule has 7 atom stereocenters. The molecule has 0 aliphatic heterocycles. The van der Waals surface area contributed by atoms with Gasteiger partial charge in [-0.25, -0.2) is 0 Å². The molecule has 0 heterocycles. The molecule has 0 bridgehead atoms. The summed E-state index contributed by atoms with van der Waals surface area (Å²) < 4.78 is 65.1. The van der Waals surface area contributed by atoms with Crippen LogP contribution in [-0.4, -0.2) is 296 Å². The molecular weight excluding hydrogens is 850 g/mol. The maximum Gasteiger partial charge on any atom is 0.305 e. The third kappa shape index (κ3) is 40.6. The molecule has 0 unspecified atom stereocenters. The van der Waals surface area contributed by atoms with Gasteiger partial charge in [0.1, 0.15) is 18.3 Å². The van der Waals surface area contributed by atoms with Crippen molar-refractivity contribution in [1.82, 2.24) is 4.90 Å². The molecule has 0 aliphatic carbocycles. The van der Waals surface area contributed by atoms with E-state index < -0.39 is 61.9 Å². The predicted octanol–water partition coefficient (Wildman–Crippen LogP) is -5.14. The number of rotatable bonds is 51. The SMILES string of the molecule is O=C(O)CCOCCOCCOCCOCCOCCOCCOCCOCCOCCOCCOCCOCCN(C[C@@H](O)[C@H](O)[C@@H](O)[C@@H](O)CO)C[C@@H](O)[C@H](O)C[C@@H](O)CO. The largest absolute Gasteiger partial charge is 0.481 e. The number of aliphatic carboxylic acids is 1. The predicted molar refractivity (Wildman–Crippen MR) is 219 cm³/mol. The van der Waals surface area contributed by atoms with Crippen molar-refractivity contribution in [2.45, 2.75) is 55.6 Å². The molecule has 0 aliphatic rings. The Morgan fingerprint density at radius 3 is 0.952 bits per heavy atom. The standard InChI is InChI=1S/C39H79NO23/c41-30-32(43)27-33(44)34(45)28-40(29-35(46)38(50)39(51)36(47)31-42)2-4-53-6-8-55-10-12-57-14-16-59-18-20-61-22-24-63-26-25-62-23-21-60-19-17-58-15-13-56-11-9-54-7-5-52-3-1-37(48)49/h32-36,38-39,41-47,50-51H,1-31H2,(H,48,49)/t32-,33-,34-,35-,36+,38+,39+/m1/s1. The van der Waals surface area contributed by atoms with Crippen LogP contribution in [0.5, 0.6) is 0 Å². The van der Waals surface area contributed by atoms with E-state index in [0.29, 0.717) is 132 Å². The Balaban J connectivity index is 3.62. The molecular formula is C39H79NO23. The summed E-state index contributed by atoms with van der Waals surface area (Å²) >= 11 is 0. The van der Waals surface area contributed by atoms with Gasteiger partial charge in [-0.05, 0) is 0 Å². The highest BCUT2D eigenvalue weighted by Gasteiger charge is 2.32. The van der Waals surface area contributed by atoms with Crippen LogP contribution in [0.25, 0.3) is 0 Å². The lowest BCUT2D eigenvalue weighted by Gasteiger charge is -2.32. The van der Waals surface area contributed by atoms with Gasteiger partial charge in [-0.15, -0.1) is 0 Å². The van der Waals surface area contributed by atoms with E-state index in [1.165, 1.54) is 4.90 Å². The van der Waals surface area contributed by atoms with Crippen LogP contribution >= 0.6 is 0 Å². The zero-order valence-electron chi connectivity index (χ0n) is 36.7. The van der Waals surface area contributed by atoms with Gasteiger partial charge >= 0.3 is 5.97 Å². The molecule has 24 heteroatoms. The lowest BCUT2D eigenvalue weighted by Crippen LogP contribution is -2.51. The molecule has 0 saturated heterocycles. The van der Waals surface area contributed by atoms with Crippen molar-refractivity contribution in [3.8, 4) is 0 Å². The fourth-order valence-electron chi connectivity index (χ4n) is 4.96. The average Bonchev–Trinajstić information content (AvgIpc) is 3.27. The number of aliphatic hydroxyl groups excluding tert-OH is 9. The molecule has 378 valence electrons. The van der Waals surface area contributed by atoms with Gasteiger partial charge in [0, 0.05) is 26.1 Å². The van der Waals surface area contributed by atoms with Crippen LogP contribution in [0.1, 0.15) is 12.8 Å². The molecule has 0 aromatic heterocycles. The maximum atomic E-state index is 10.4. The zero-order valence-corrected chi connectivity index (χ0v) is 36.7. The van der Waals surface area contributed by atoms with E-state index in [9.17, 15) is 40.5 Å². The number of aliphatic hydroxyl groups is 9. The van der Waals surface area contributed by atoms with Gasteiger partial charge in [-0.1, -0.05) is 0 Å². The Bertz CT molecular complexity index is 966. The minimum Gasteiger partial charge on any atom is -0.481 e. The second kappa shape index (κ2) is 45.7. The van der Waals surface area contributed by atoms with E-state index in [0.717, 1.165) is 0 Å². The third-order valence-corrected chi connectivity index (χ3v) is 8.49. The molecule has 24 nitrogen and oxygen atoms in total. The molecule has 63 heavy (non-hydrogen) atoms. The van der Waals surface area contributed by atoms with Crippen molar-refractivity contribution in [3.05, 3.63) is 0 Å². The summed E-state index contributed by atoms with van der Waals surface area (Å²) in [7, 11) is 0. The number of carboxylic acid groups (broad SMARTS) is 1. The molecule has 0 amide bonds. The first-order valence-corrected chi connectivity index (χ1v) is 21.4. The highest BCUT2D eigenvalue weighted by atomic mass is 16.6. The second-order valence-electron chi connectivity index (χ2n) is 13.8. The van der Waals surface area contributed by atoms with E-state index >= 15 is 0 Å². The van der Waals surface area contributed by atoms with Crippen LogP contribution in [0.3, 0.4) is 0 Å². The van der Waals surface area contributed by atoms with Gasteiger partial charge in [0.2, 0.25) is 0 Å². The van der Waals surface area contributed by atoms with E-state index in [4.69, 9.17) is 72.2 Å². The summed E-state index contributed by atoms with van der Waals surface area (Å²) in [6, 6.07) is 0. The number of hydrogen-bond acceptors (Lipinski definition) is 23. The molecule has 0 aromatic rings. The first-order valence-electron chi connectivity index (χ1n) is 21.4. The van der Waals surface area contributed by atoms with Crippen LogP contribution in [0.15, 0.2) is 0 Å². The minimum atomic E-state index is -1.84. The fraction of sp³-hybridized carbons (Fsp3) is 0.974. The molecule has 0 spiro atoms. The Morgan fingerprint density at radius 2 is 0.651 bits per heavy atom. The first-order chi connectivity index (χ1) is 30.5. The topological polar surface area (TPSA) is 333 Å². The van der Waals surface area contributed by atoms with Crippen molar-refractivity contribution >= 4 is 5.97 Å². The number of nitrogens with zero attached hydrogens (tertiary/aromatic N) is 1. The summed E-state index contributed by atoms with van der Waals surface area (Å²) in [5, 5.41) is 96.7. The molecule has 0 saturated carbocycles. The zero-order chi connectivity index (χ0) is 46.6. The number of ether oxygens (including phenoxy) is 12. The summed E-state index contributed by atoms with van der Waals surface area (Å²) in [5.41, 5.74) is 0. The lowest BCUT2D eigenvalue weighted by atomic mass is 10.0. The smallest absolute Gasteiger partial charge is 0.305 e. The average molecular weight is 930 g/mol. The fourth-order valence-corrected chi connectivity index (χ4v) is 4.96. The Kier molecular flexibility index (Phi) is 44.7. The van der Waals surface area contributed by atoms with Crippen LogP contribution < -0.4 is 0 Å². The van der Waals surface area contributed by atoms with Crippen LogP contribution in [-0.2, 0) is 61.6 Å². The Labute approximate surface area is 370 Å². The lowest BCUT2D eigenvalue weighted by molar-refractivity contribution is -0.138. The van der Waals surface area contributed by atoms with E-state index in [-0.39, 0.29) is 58.9 Å². The van der Waals surface area contributed by atoms with Crippen molar-refractivity contribution in [1.29, 1.82) is 0 Å². The summed E-state index contributed by atoms with van der Waals surface area (Å²) in [5.74, 6) is -0.891. The minimum absolute atomic E-state index is 0.0212. The van der Waals surface area contributed by atoms with Gasteiger partial charge in [0.05, 0.1) is 203 Å². The van der Waals surface area contributed by atoms with Gasteiger partial charge in [-0.3, -0.25) is 9.69 Å². The van der Waals surface area contributed by atoms with Gasteiger partial charge in [0.15, 0.2) is 0 Å². The van der Waals surface area contributed by atoms with E-state index in [1.54, 1.807) is 0 Å². The van der Waals surface area contributed by atoms with Gasteiger partial charge in [0.25, 0.3) is 0 Å². The number of carbonyl (C=O) groups is 1. The summed E-state index contributed by atoms with van der Waals surface area (Å²) in [6.45, 7) is 7.12. The van der Waals surface area contributed by atoms with E-state index in [1.807, 2.05) is 0 Å². The number of carboxylic acids is 1. The number of hydrogen-bond donors (Lipinski definition) is 10. The molecule has 0 aromatic carbocycles. The van der Waals surface area contributed by atoms with Crippen LogP contribution in [0, 0.1) is 0 Å². The molecule has 0 radical (unpaired) electrons. The summed E-state index contributed by atoms with van der Waals surface area (Å²) in [4.78, 5) is 11.8. The van der Waals surface area contributed by atoms with Crippen molar-refractivity contribution in [2.24, 2.45) is 0 Å². The highest BCUT2D eigenvalue weighted by Crippen LogP contribution is 2.10. The highest BCUT2D eigenvalue weighted by molar-refractivity contribution is 5.66. The molecule has 10 N–H and O–H groups in total. The van der Waals surface area contributed by atoms with Crippen molar-refractivity contribution in [2.75, 3.05) is 191 Å². The first kappa shape index (κ1) is 61.6. The monoisotopic (exact) mass is 930 g/mol. The quantitative estimate of drug-likeness (QED) is 0.0255. The summed E-state index contributed by atoms with van der Waals surface area (Å²) in [6.07, 6.45) is -11.3. The Morgan fingerprint density at radius 1 is 0.365 bits per heavy atom. The van der Waals surface area contributed by atoms with Crippen LogP contribution in [0.2, 0.25) is 0 Å². The van der Waals surface area contributed by atoms with E-state index in [2.05, 4.69) is 0 Å². The second-order valence-corrected chi connectivity index (χ2v) is 13.8. The molecule has 0 rings (SSSR count). The third-order valence-electron chi connectivity index (χ3n) is 8.49. The maximum absolute atomic E-state index is 10.4. The molecule has 0 fully saturated rings. The van der Waals surface area contributed by atoms with Gasteiger partial charge < -0.3 is 108 Å². The van der Waals surface area contributed by atoms with Crippen molar-refractivity contribution in [3.63, 3.8) is 0 Å². The normalized spacial score (nSPS) is 15.4. The van der Waals surface area contributed by atoms with Crippen molar-refractivity contribution < 1.29 is 113 Å². The van der Waals surface area contributed by atoms with Gasteiger partial charge in [-0.2, -0.15) is 0 Å².